The number of aromatic amines is 1. The van der Waals surface area contributed by atoms with E-state index in [9.17, 15) is 4.79 Å². The van der Waals surface area contributed by atoms with E-state index in [4.69, 9.17) is 5.73 Å². The highest BCUT2D eigenvalue weighted by atomic mass is 16.1. The van der Waals surface area contributed by atoms with Crippen LogP contribution in [0.25, 0.3) is 22.3 Å². The lowest BCUT2D eigenvalue weighted by atomic mass is 10.1. The van der Waals surface area contributed by atoms with Crippen LogP contribution in [0.3, 0.4) is 0 Å². The molecule has 90 valence electrons. The van der Waals surface area contributed by atoms with Crippen molar-refractivity contribution in [2.24, 2.45) is 12.8 Å². The first kappa shape index (κ1) is 10.6. The molecule has 5 nitrogen and oxygen atoms in total. The fourth-order valence-corrected chi connectivity index (χ4v) is 2.05. The Bertz CT molecular complexity index is 738. The van der Waals surface area contributed by atoms with Gasteiger partial charge in [-0.1, -0.05) is 0 Å². The van der Waals surface area contributed by atoms with Crippen LogP contribution in [0.5, 0.6) is 0 Å². The first-order chi connectivity index (χ1) is 8.65. The van der Waals surface area contributed by atoms with Crippen LogP contribution in [0, 0.1) is 0 Å². The van der Waals surface area contributed by atoms with E-state index in [1.165, 1.54) is 0 Å². The molecule has 1 aromatic carbocycles. The monoisotopic (exact) mass is 240 g/mol. The zero-order chi connectivity index (χ0) is 12.7. The zero-order valence-electron chi connectivity index (χ0n) is 9.84. The van der Waals surface area contributed by atoms with Gasteiger partial charge in [-0.2, -0.15) is 0 Å². The Kier molecular flexibility index (Phi) is 2.19. The number of amides is 1. The van der Waals surface area contributed by atoms with Crippen LogP contribution in [0.2, 0.25) is 0 Å². The van der Waals surface area contributed by atoms with Gasteiger partial charge in [-0.25, -0.2) is 4.98 Å². The number of imidazole rings is 1. The molecule has 0 radical (unpaired) electrons. The van der Waals surface area contributed by atoms with Crippen LogP contribution >= 0.6 is 0 Å². The van der Waals surface area contributed by atoms with Gasteiger partial charge in [0.25, 0.3) is 5.91 Å². The van der Waals surface area contributed by atoms with Crippen molar-refractivity contribution >= 4 is 16.8 Å². The number of carbonyl (C=O) groups is 1. The Morgan fingerprint density at radius 3 is 2.94 bits per heavy atom. The summed E-state index contributed by atoms with van der Waals surface area (Å²) in [5.74, 6) is 0.214. The second kappa shape index (κ2) is 3.73. The predicted octanol–water partition coefficient (Wildman–Crippen LogP) is 1.67. The minimum atomic E-state index is -0.514. The molecular weight excluding hydrogens is 228 g/mol. The van der Waals surface area contributed by atoms with E-state index in [1.54, 1.807) is 10.8 Å². The molecule has 1 amide bonds. The molecule has 0 bridgehead atoms. The molecule has 0 unspecified atom stereocenters. The Balaban J connectivity index is 2.15. The normalized spacial score (nSPS) is 10.9. The molecule has 0 aliphatic heterocycles. The smallest absolute Gasteiger partial charge is 0.268 e. The van der Waals surface area contributed by atoms with Crippen LogP contribution < -0.4 is 5.73 Å². The van der Waals surface area contributed by atoms with Gasteiger partial charge in [0.05, 0.1) is 0 Å². The highest BCUT2D eigenvalue weighted by molar-refractivity contribution is 5.91. The van der Waals surface area contributed by atoms with Gasteiger partial charge >= 0.3 is 0 Å². The maximum Gasteiger partial charge on any atom is 0.268 e. The number of benzene rings is 1. The van der Waals surface area contributed by atoms with Gasteiger partial charge in [-0.05, 0) is 24.3 Å². The number of fused-ring (bicyclic) bond motifs is 1. The highest BCUT2D eigenvalue weighted by Gasteiger charge is 2.11. The third-order valence-corrected chi connectivity index (χ3v) is 2.94. The lowest BCUT2D eigenvalue weighted by Crippen LogP contribution is -2.11. The number of nitrogens with one attached hydrogen (secondary N) is 1. The van der Waals surface area contributed by atoms with Gasteiger partial charge in [0.1, 0.15) is 11.5 Å². The number of primary amides is 1. The lowest BCUT2D eigenvalue weighted by molar-refractivity contribution is 0.0996. The molecule has 2 aromatic heterocycles. The molecule has 3 N–H and O–H groups in total. The highest BCUT2D eigenvalue weighted by Crippen LogP contribution is 2.22. The van der Waals surface area contributed by atoms with Gasteiger partial charge in [0, 0.05) is 35.9 Å². The van der Waals surface area contributed by atoms with Crippen LogP contribution in [0.15, 0.2) is 36.7 Å². The largest absolute Gasteiger partial charge is 0.364 e. The van der Waals surface area contributed by atoms with Crippen molar-refractivity contribution in [3.05, 3.63) is 42.4 Å². The van der Waals surface area contributed by atoms with Crippen LogP contribution in [0.1, 0.15) is 10.5 Å². The molecule has 0 saturated carbocycles. The second-order valence-electron chi connectivity index (χ2n) is 4.20. The lowest BCUT2D eigenvalue weighted by Gasteiger charge is -2.01. The van der Waals surface area contributed by atoms with Crippen molar-refractivity contribution in [1.29, 1.82) is 0 Å². The van der Waals surface area contributed by atoms with Crippen molar-refractivity contribution < 1.29 is 4.79 Å². The van der Waals surface area contributed by atoms with E-state index < -0.39 is 5.91 Å². The van der Waals surface area contributed by atoms with Gasteiger partial charge in [-0.3, -0.25) is 4.79 Å². The summed E-state index contributed by atoms with van der Waals surface area (Å²) in [6.45, 7) is 0. The van der Waals surface area contributed by atoms with Gasteiger partial charge in [-0.15, -0.1) is 0 Å². The minimum Gasteiger partial charge on any atom is -0.364 e. The first-order valence-electron chi connectivity index (χ1n) is 5.56. The summed E-state index contributed by atoms with van der Waals surface area (Å²) < 4.78 is 1.80. The summed E-state index contributed by atoms with van der Waals surface area (Å²) in [4.78, 5) is 18.5. The van der Waals surface area contributed by atoms with Crippen molar-refractivity contribution in [2.75, 3.05) is 0 Å². The van der Waals surface area contributed by atoms with Crippen molar-refractivity contribution in [1.82, 2.24) is 14.5 Å². The average Bonchev–Trinajstić information content (AvgIpc) is 2.93. The molecule has 3 rings (SSSR count). The van der Waals surface area contributed by atoms with E-state index in [2.05, 4.69) is 9.97 Å². The molecular formula is C13H12N4O. The number of rotatable bonds is 2. The summed E-state index contributed by atoms with van der Waals surface area (Å²) in [5, 5.41) is 1.11. The Morgan fingerprint density at radius 1 is 1.39 bits per heavy atom. The van der Waals surface area contributed by atoms with Crippen molar-refractivity contribution in [3.63, 3.8) is 0 Å². The third kappa shape index (κ3) is 1.57. The fourth-order valence-electron chi connectivity index (χ4n) is 2.05. The number of hydrogen-bond donors (Lipinski definition) is 2. The number of nitrogens with zero attached hydrogens (tertiary/aromatic N) is 2. The molecule has 0 fully saturated rings. The topological polar surface area (TPSA) is 76.7 Å². The minimum absolute atomic E-state index is 0.279. The molecule has 5 heteroatoms. The number of hydrogen-bond acceptors (Lipinski definition) is 2. The summed E-state index contributed by atoms with van der Waals surface area (Å²) in [7, 11) is 1.84. The van der Waals surface area contributed by atoms with Crippen molar-refractivity contribution in [3.8, 4) is 11.4 Å². The summed E-state index contributed by atoms with van der Waals surface area (Å²) >= 11 is 0. The van der Waals surface area contributed by atoms with Gasteiger partial charge < -0.3 is 15.3 Å². The van der Waals surface area contributed by atoms with E-state index in [0.717, 1.165) is 22.3 Å². The Hall–Kier alpha value is -2.56. The third-order valence-electron chi connectivity index (χ3n) is 2.94. The quantitative estimate of drug-likeness (QED) is 0.714. The van der Waals surface area contributed by atoms with Crippen LogP contribution in [-0.4, -0.2) is 20.4 Å². The zero-order valence-corrected chi connectivity index (χ0v) is 9.84. The van der Waals surface area contributed by atoms with Crippen LogP contribution in [-0.2, 0) is 7.05 Å². The van der Waals surface area contributed by atoms with Gasteiger partial charge in [0.2, 0.25) is 0 Å². The van der Waals surface area contributed by atoms with E-state index in [1.807, 2.05) is 37.5 Å². The molecule has 0 aliphatic carbocycles. The van der Waals surface area contributed by atoms with E-state index in [-0.39, 0.29) is 5.69 Å². The Morgan fingerprint density at radius 2 is 2.22 bits per heavy atom. The fraction of sp³-hybridized carbons (Fsp3) is 0.0769. The molecule has 2 heterocycles. The Labute approximate surface area is 103 Å². The molecule has 0 aliphatic rings. The summed E-state index contributed by atoms with van der Waals surface area (Å²) in [6, 6.07) is 7.98. The molecule has 0 saturated heterocycles. The average molecular weight is 240 g/mol. The number of aromatic nitrogens is 3. The van der Waals surface area contributed by atoms with Crippen LogP contribution in [0.4, 0.5) is 0 Å². The number of carbonyl (C=O) groups excluding carboxylic acids is 1. The van der Waals surface area contributed by atoms with Gasteiger partial charge in [0.15, 0.2) is 0 Å². The summed E-state index contributed by atoms with van der Waals surface area (Å²) in [6.07, 6.45) is 3.53. The van der Waals surface area contributed by atoms with Crippen molar-refractivity contribution in [2.45, 2.75) is 0 Å². The molecule has 0 spiro atoms. The SMILES string of the molecule is Cn1cc(C(N)=O)nc1-c1ccc2[nH]ccc2c1. The number of aryl methyl sites for hydroxylation is 1. The number of H-pyrrole nitrogens is 1. The predicted molar refractivity (Wildman–Crippen MR) is 69.0 cm³/mol. The molecule has 0 atom stereocenters. The molecule has 3 aromatic rings. The molecule has 18 heavy (non-hydrogen) atoms. The maximum atomic E-state index is 11.1. The first-order valence-corrected chi connectivity index (χ1v) is 5.56. The second-order valence-corrected chi connectivity index (χ2v) is 4.20. The van der Waals surface area contributed by atoms with E-state index >= 15 is 0 Å². The van der Waals surface area contributed by atoms with E-state index in [0.29, 0.717) is 0 Å². The standard InChI is InChI=1S/C13H12N4O/c1-17-7-11(12(14)18)16-13(17)9-2-3-10-8(6-9)4-5-15-10/h2-7,15H,1H3,(H2,14,18). The summed E-state index contributed by atoms with van der Waals surface area (Å²) in [5.41, 5.74) is 7.54. The maximum absolute atomic E-state index is 11.1. The number of nitrogens with two attached hydrogens (primary N) is 1.